The normalized spacial score (nSPS) is 23.7. The van der Waals surface area contributed by atoms with Crippen LogP contribution >= 0.6 is 0 Å². The third-order valence-electron chi connectivity index (χ3n) is 7.43. The molecular formula is C25H40N2O8S. The number of carbonyl (C=O) groups is 2. The Balaban J connectivity index is 0.000000388. The molecule has 0 aromatic heterocycles. The molecular weight excluding hydrogens is 488 g/mol. The van der Waals surface area contributed by atoms with Gasteiger partial charge in [-0.25, -0.2) is 22.3 Å². The Labute approximate surface area is 213 Å². The van der Waals surface area contributed by atoms with Gasteiger partial charge >= 0.3 is 11.9 Å². The van der Waals surface area contributed by atoms with Crippen LogP contribution in [0.2, 0.25) is 0 Å². The fourth-order valence-electron chi connectivity index (χ4n) is 4.74. The largest absolute Gasteiger partial charge is 0.479 e. The molecule has 2 aliphatic rings. The van der Waals surface area contributed by atoms with Crippen molar-refractivity contribution in [2.45, 2.75) is 52.2 Å². The van der Waals surface area contributed by atoms with E-state index < -0.39 is 34.2 Å². The highest BCUT2D eigenvalue weighted by atomic mass is 32.2. The number of nitrogens with zero attached hydrogens (tertiary/aromatic N) is 2. The van der Waals surface area contributed by atoms with Crippen LogP contribution in [0.3, 0.4) is 0 Å². The van der Waals surface area contributed by atoms with Gasteiger partial charge < -0.3 is 25.3 Å². The third kappa shape index (κ3) is 7.97. The van der Waals surface area contributed by atoms with Crippen LogP contribution in [0.25, 0.3) is 0 Å². The van der Waals surface area contributed by atoms with Crippen molar-refractivity contribution in [2.24, 2.45) is 17.3 Å². The maximum atomic E-state index is 13.0. The van der Waals surface area contributed by atoms with Gasteiger partial charge in [0.15, 0.2) is 12.2 Å². The van der Waals surface area contributed by atoms with Crippen molar-refractivity contribution >= 4 is 22.0 Å². The molecule has 2 unspecified atom stereocenters. The van der Waals surface area contributed by atoms with Crippen LogP contribution in [0.1, 0.15) is 39.2 Å². The van der Waals surface area contributed by atoms with E-state index in [4.69, 9.17) is 20.4 Å². The molecule has 1 aromatic rings. The molecule has 204 valence electrons. The van der Waals surface area contributed by atoms with Gasteiger partial charge in [-0.15, -0.1) is 0 Å². The molecule has 2 bridgehead atoms. The number of sulfonamides is 1. The van der Waals surface area contributed by atoms with Crippen molar-refractivity contribution < 1.29 is 38.4 Å². The standard InChI is InChI=1S/C21H34N2O2S.C4H6O6/c1-4-5-12-22-14-19-16-23(17-20(15-22)21(19,2)3)26(24,25)13-11-18-9-7-6-8-10-18;5-1(3(7)8)2(6)4(9)10/h6-10,19-20H,4-5,11-17H2,1-3H3;1-2,5-6H,(H,7,8)(H,9,10)/t;1-,2-/m.1/s1. The summed E-state index contributed by atoms with van der Waals surface area (Å²) in [6.07, 6.45) is -1.48. The number of rotatable bonds is 10. The average Bonchev–Trinajstić information content (AvgIpc) is 2.81. The summed E-state index contributed by atoms with van der Waals surface area (Å²) < 4.78 is 27.7. The Hall–Kier alpha value is -2.05. The molecule has 0 aliphatic carbocycles. The van der Waals surface area contributed by atoms with E-state index in [1.54, 1.807) is 4.31 Å². The molecule has 0 saturated carbocycles. The summed E-state index contributed by atoms with van der Waals surface area (Å²) in [7, 11) is -3.19. The topological polar surface area (TPSA) is 156 Å². The Kier molecular flexibility index (Phi) is 10.9. The number of hydrogen-bond donors (Lipinski definition) is 4. The first-order valence-corrected chi connectivity index (χ1v) is 14.0. The predicted octanol–water partition coefficient (Wildman–Crippen LogP) is 1.13. The minimum Gasteiger partial charge on any atom is -0.479 e. The van der Waals surface area contributed by atoms with E-state index in [2.05, 4.69) is 25.7 Å². The molecule has 0 radical (unpaired) electrons. The van der Waals surface area contributed by atoms with Crippen LogP contribution in [0.4, 0.5) is 0 Å². The molecule has 2 fully saturated rings. The average molecular weight is 529 g/mol. The number of likely N-dealkylation sites (tertiary alicyclic amines) is 1. The Morgan fingerprint density at radius 3 is 1.92 bits per heavy atom. The lowest BCUT2D eigenvalue weighted by molar-refractivity contribution is -0.165. The van der Waals surface area contributed by atoms with E-state index in [-0.39, 0.29) is 11.2 Å². The fraction of sp³-hybridized carbons (Fsp3) is 0.680. The quantitative estimate of drug-likeness (QED) is 0.350. The summed E-state index contributed by atoms with van der Waals surface area (Å²) in [5.74, 6) is -2.46. The van der Waals surface area contributed by atoms with Crippen molar-refractivity contribution in [1.82, 2.24) is 9.21 Å². The summed E-state index contributed by atoms with van der Waals surface area (Å²) in [5.41, 5.74) is 1.33. The Morgan fingerprint density at radius 1 is 0.972 bits per heavy atom. The summed E-state index contributed by atoms with van der Waals surface area (Å²) in [6, 6.07) is 9.93. The molecule has 4 N–H and O–H groups in total. The van der Waals surface area contributed by atoms with E-state index in [0.29, 0.717) is 31.3 Å². The van der Waals surface area contributed by atoms with Crippen molar-refractivity contribution in [3.63, 3.8) is 0 Å². The van der Waals surface area contributed by atoms with Crippen LogP contribution in [0, 0.1) is 17.3 Å². The number of aliphatic hydroxyl groups is 2. The second-order valence-electron chi connectivity index (χ2n) is 10.3. The number of carboxylic acids is 2. The summed E-state index contributed by atoms with van der Waals surface area (Å²) >= 11 is 0. The Morgan fingerprint density at radius 2 is 1.47 bits per heavy atom. The molecule has 11 heteroatoms. The van der Waals surface area contributed by atoms with E-state index in [9.17, 15) is 18.0 Å². The van der Waals surface area contributed by atoms with Gasteiger partial charge in [-0.1, -0.05) is 57.5 Å². The summed E-state index contributed by atoms with van der Waals surface area (Å²) in [6.45, 7) is 11.5. The molecule has 10 nitrogen and oxygen atoms in total. The number of unbranched alkanes of at least 4 members (excludes halogenated alkanes) is 1. The SMILES string of the molecule is CCCCN1CC2CN(S(=O)(=O)CCc3ccccc3)CC(C1)C2(C)C.O=C(O)[C@H](O)[C@@H](O)C(=O)O. The molecule has 36 heavy (non-hydrogen) atoms. The number of piperidine rings is 2. The lowest BCUT2D eigenvalue weighted by Crippen LogP contribution is -2.62. The predicted molar refractivity (Wildman–Crippen MR) is 135 cm³/mol. The fourth-order valence-corrected chi connectivity index (χ4v) is 6.30. The molecule has 4 atom stereocenters. The van der Waals surface area contributed by atoms with E-state index in [1.165, 1.54) is 12.8 Å². The molecule has 2 heterocycles. The van der Waals surface area contributed by atoms with Crippen molar-refractivity contribution in [2.75, 3.05) is 38.5 Å². The lowest BCUT2D eigenvalue weighted by atomic mass is 9.64. The second kappa shape index (κ2) is 13.0. The first kappa shape index (κ1) is 30.2. The lowest BCUT2D eigenvalue weighted by Gasteiger charge is -2.55. The van der Waals surface area contributed by atoms with Gasteiger partial charge in [-0.2, -0.15) is 0 Å². The van der Waals surface area contributed by atoms with Gasteiger partial charge in [-0.3, -0.25) is 0 Å². The first-order chi connectivity index (χ1) is 16.8. The number of aliphatic carboxylic acids is 2. The van der Waals surface area contributed by atoms with Gasteiger partial charge in [0.1, 0.15) is 0 Å². The minimum absolute atomic E-state index is 0.219. The van der Waals surface area contributed by atoms with Gasteiger partial charge in [0.2, 0.25) is 10.0 Å². The van der Waals surface area contributed by atoms with Crippen molar-refractivity contribution in [3.05, 3.63) is 35.9 Å². The highest BCUT2D eigenvalue weighted by Gasteiger charge is 2.49. The minimum atomic E-state index is -3.19. The molecule has 1 aromatic carbocycles. The number of fused-ring (bicyclic) bond motifs is 2. The maximum absolute atomic E-state index is 13.0. The zero-order valence-corrected chi connectivity index (χ0v) is 22.1. The maximum Gasteiger partial charge on any atom is 0.335 e. The summed E-state index contributed by atoms with van der Waals surface area (Å²) in [4.78, 5) is 22.1. The van der Waals surface area contributed by atoms with E-state index in [0.717, 1.165) is 25.2 Å². The van der Waals surface area contributed by atoms with Gasteiger partial charge in [0, 0.05) is 26.2 Å². The van der Waals surface area contributed by atoms with Gasteiger partial charge in [0.05, 0.1) is 5.75 Å². The number of aliphatic hydroxyl groups excluding tert-OH is 2. The van der Waals surface area contributed by atoms with Crippen LogP contribution in [-0.4, -0.2) is 101 Å². The zero-order valence-electron chi connectivity index (χ0n) is 21.3. The number of aryl methyl sites for hydroxylation is 1. The zero-order chi connectivity index (χ0) is 27.1. The van der Waals surface area contributed by atoms with Crippen LogP contribution < -0.4 is 0 Å². The van der Waals surface area contributed by atoms with Crippen LogP contribution in [0.5, 0.6) is 0 Å². The van der Waals surface area contributed by atoms with Crippen molar-refractivity contribution in [1.29, 1.82) is 0 Å². The van der Waals surface area contributed by atoms with E-state index >= 15 is 0 Å². The summed E-state index contributed by atoms with van der Waals surface area (Å²) in [5, 5.41) is 32.5. The molecule has 2 aliphatic heterocycles. The van der Waals surface area contributed by atoms with E-state index in [1.807, 2.05) is 30.3 Å². The van der Waals surface area contributed by atoms with Crippen LogP contribution in [0.15, 0.2) is 30.3 Å². The molecule has 2 saturated heterocycles. The molecule has 0 spiro atoms. The third-order valence-corrected chi connectivity index (χ3v) is 9.23. The Bertz CT molecular complexity index is 934. The highest BCUT2D eigenvalue weighted by molar-refractivity contribution is 7.89. The molecule has 0 amide bonds. The highest BCUT2D eigenvalue weighted by Crippen LogP contribution is 2.45. The second-order valence-corrected chi connectivity index (χ2v) is 12.4. The number of hydrogen-bond acceptors (Lipinski definition) is 7. The molecule has 3 rings (SSSR count). The smallest absolute Gasteiger partial charge is 0.335 e. The number of benzene rings is 1. The number of carboxylic acid groups (broad SMARTS) is 2. The van der Waals surface area contributed by atoms with Crippen LogP contribution in [-0.2, 0) is 26.0 Å². The van der Waals surface area contributed by atoms with Gasteiger partial charge in [-0.05, 0) is 42.2 Å². The first-order valence-electron chi connectivity index (χ1n) is 12.3. The van der Waals surface area contributed by atoms with Crippen molar-refractivity contribution in [3.8, 4) is 0 Å². The van der Waals surface area contributed by atoms with Gasteiger partial charge in [0.25, 0.3) is 0 Å². The monoisotopic (exact) mass is 528 g/mol.